The molecule has 0 aliphatic rings. The summed E-state index contributed by atoms with van der Waals surface area (Å²) in [5, 5.41) is 12.6. The molecule has 0 amide bonds. The number of nitrogen functional groups attached to an aromatic ring is 2. The molecule has 0 saturated heterocycles. The lowest BCUT2D eigenvalue weighted by atomic mass is 9.96. The number of pyridine rings is 1. The number of hydrogen-bond donors (Lipinski definition) is 2. The van der Waals surface area contributed by atoms with Crippen molar-refractivity contribution in [1.29, 1.82) is 0 Å². The molecule has 0 atom stereocenters. The van der Waals surface area contributed by atoms with Gasteiger partial charge in [0.2, 0.25) is 15.8 Å². The second-order valence-electron chi connectivity index (χ2n) is 12.0. The van der Waals surface area contributed by atoms with Crippen molar-refractivity contribution >= 4 is 21.4 Å². The SMILES string of the molecule is COc1ccc(CN(Cc2ccc(OC)cc2)S(=O)(=O)c2c(C(F)(F)F)ccc(-c3cncc(N)c3N)c2-c2nnn(Cc3ccc(OC)cc3)n2)cc1. The maximum atomic E-state index is 15.2. The summed E-state index contributed by atoms with van der Waals surface area (Å²) in [5.41, 5.74) is 12.2. The first-order chi connectivity index (χ1) is 25.8. The van der Waals surface area contributed by atoms with Crippen molar-refractivity contribution in [3.8, 4) is 39.8 Å². The minimum absolute atomic E-state index is 0.0273. The van der Waals surface area contributed by atoms with Gasteiger partial charge in [-0.3, -0.25) is 4.98 Å². The fourth-order valence-corrected chi connectivity index (χ4v) is 7.57. The van der Waals surface area contributed by atoms with Gasteiger partial charge in [-0.05, 0) is 69.9 Å². The fourth-order valence-electron chi connectivity index (χ4n) is 5.75. The predicted octanol–water partition coefficient (Wildman–Crippen LogP) is 6.05. The van der Waals surface area contributed by atoms with E-state index in [1.165, 1.54) is 33.7 Å². The summed E-state index contributed by atoms with van der Waals surface area (Å²) in [5.74, 6) is 1.22. The first-order valence-electron chi connectivity index (χ1n) is 16.2. The van der Waals surface area contributed by atoms with Gasteiger partial charge in [0.15, 0.2) is 0 Å². The number of aromatic nitrogens is 5. The Hall–Kier alpha value is -6.20. The van der Waals surface area contributed by atoms with E-state index in [-0.39, 0.29) is 42.1 Å². The molecule has 280 valence electrons. The van der Waals surface area contributed by atoms with Crippen LogP contribution in [0.25, 0.3) is 22.5 Å². The maximum Gasteiger partial charge on any atom is 0.417 e. The third-order valence-electron chi connectivity index (χ3n) is 8.57. The number of nitrogens with two attached hydrogens (primary N) is 2. The zero-order valence-corrected chi connectivity index (χ0v) is 30.1. The number of hydrogen-bond acceptors (Lipinski definition) is 11. The molecule has 54 heavy (non-hydrogen) atoms. The summed E-state index contributed by atoms with van der Waals surface area (Å²) < 4.78 is 92.4. The summed E-state index contributed by atoms with van der Waals surface area (Å²) in [7, 11) is -0.623. The normalized spacial score (nSPS) is 11.8. The Morgan fingerprint density at radius 3 is 1.74 bits per heavy atom. The van der Waals surface area contributed by atoms with E-state index in [9.17, 15) is 0 Å². The Bertz CT molecular complexity index is 2300. The third-order valence-corrected chi connectivity index (χ3v) is 10.4. The van der Waals surface area contributed by atoms with E-state index in [2.05, 4.69) is 20.4 Å². The Morgan fingerprint density at radius 2 is 1.24 bits per heavy atom. The quantitative estimate of drug-likeness (QED) is 0.140. The molecule has 17 heteroatoms. The average molecular weight is 761 g/mol. The highest BCUT2D eigenvalue weighted by Crippen LogP contribution is 2.46. The van der Waals surface area contributed by atoms with E-state index < -0.39 is 38.0 Å². The van der Waals surface area contributed by atoms with Crippen LogP contribution in [-0.4, -0.2) is 59.2 Å². The zero-order chi connectivity index (χ0) is 38.6. The Kier molecular flexibility index (Phi) is 10.7. The van der Waals surface area contributed by atoms with Crippen molar-refractivity contribution in [3.05, 3.63) is 120 Å². The van der Waals surface area contributed by atoms with Gasteiger partial charge in [-0.15, -0.1) is 10.2 Å². The number of ether oxygens (including phenoxy) is 3. The van der Waals surface area contributed by atoms with Crippen LogP contribution in [0.2, 0.25) is 0 Å². The molecule has 0 aliphatic heterocycles. The molecule has 2 heterocycles. The molecule has 0 aliphatic carbocycles. The minimum Gasteiger partial charge on any atom is -0.497 e. The minimum atomic E-state index is -5.15. The zero-order valence-electron chi connectivity index (χ0n) is 29.3. The number of tetrazole rings is 1. The van der Waals surface area contributed by atoms with Gasteiger partial charge >= 0.3 is 6.18 Å². The van der Waals surface area contributed by atoms with E-state index >= 15 is 21.6 Å². The molecular formula is C37H35F3N8O5S. The van der Waals surface area contributed by atoms with Crippen molar-refractivity contribution in [2.24, 2.45) is 0 Å². The highest BCUT2D eigenvalue weighted by Gasteiger charge is 2.43. The number of nitrogens with zero attached hydrogens (tertiary/aromatic N) is 6. The highest BCUT2D eigenvalue weighted by molar-refractivity contribution is 7.89. The van der Waals surface area contributed by atoms with Crippen molar-refractivity contribution in [2.75, 3.05) is 32.8 Å². The van der Waals surface area contributed by atoms with E-state index in [1.54, 1.807) is 72.8 Å². The second kappa shape index (κ2) is 15.4. The van der Waals surface area contributed by atoms with Gasteiger partial charge in [0, 0.05) is 24.8 Å². The van der Waals surface area contributed by atoms with Crippen LogP contribution >= 0.6 is 0 Å². The van der Waals surface area contributed by atoms with E-state index in [1.807, 2.05) is 0 Å². The standard InChI is InChI=1S/C37H35F3N8O5S/c1-51-26-10-4-23(5-11-26)20-47(21-24-6-12-27(52-2)13-7-24)54(49,50)35-31(37(38,39)40)17-16-29(30-18-43-19-32(41)34(30)42)33(35)36-44-46-48(45-36)22-25-8-14-28(53-3)15-9-25/h4-19H,20-22,41H2,1-3H3,(H2,42,43). The average Bonchev–Trinajstić information content (AvgIpc) is 3.63. The molecule has 0 fully saturated rings. The molecule has 13 nitrogen and oxygen atoms in total. The van der Waals surface area contributed by atoms with Crippen LogP contribution in [0.4, 0.5) is 24.5 Å². The largest absolute Gasteiger partial charge is 0.497 e. The van der Waals surface area contributed by atoms with Crippen molar-refractivity contribution < 1.29 is 35.8 Å². The topological polar surface area (TPSA) is 174 Å². The Balaban J connectivity index is 1.59. The summed E-state index contributed by atoms with van der Waals surface area (Å²) in [4.78, 5) is 4.14. The van der Waals surface area contributed by atoms with Crippen LogP contribution in [0, 0.1) is 0 Å². The lowest BCUT2D eigenvalue weighted by Crippen LogP contribution is -2.32. The van der Waals surface area contributed by atoms with Crippen LogP contribution in [0.5, 0.6) is 17.2 Å². The van der Waals surface area contributed by atoms with Crippen LogP contribution in [0.15, 0.2) is 102 Å². The van der Waals surface area contributed by atoms with Crippen LogP contribution in [0.3, 0.4) is 0 Å². The lowest BCUT2D eigenvalue weighted by molar-refractivity contribution is -0.139. The summed E-state index contributed by atoms with van der Waals surface area (Å²) in [6.45, 7) is -0.589. The van der Waals surface area contributed by atoms with E-state index in [0.717, 1.165) is 15.2 Å². The van der Waals surface area contributed by atoms with E-state index in [0.29, 0.717) is 40.0 Å². The van der Waals surface area contributed by atoms with Gasteiger partial charge in [-0.25, -0.2) is 8.42 Å². The fraction of sp³-hybridized carbons (Fsp3) is 0.189. The molecule has 0 unspecified atom stereocenters. The summed E-state index contributed by atoms with van der Waals surface area (Å²) >= 11 is 0. The van der Waals surface area contributed by atoms with Gasteiger partial charge in [0.05, 0.1) is 56.6 Å². The summed E-state index contributed by atoms with van der Waals surface area (Å²) in [6, 6.07) is 21.8. The highest BCUT2D eigenvalue weighted by atomic mass is 32.2. The Morgan fingerprint density at radius 1 is 0.722 bits per heavy atom. The van der Waals surface area contributed by atoms with Crippen molar-refractivity contribution in [2.45, 2.75) is 30.7 Å². The van der Waals surface area contributed by atoms with Gasteiger partial charge in [-0.1, -0.05) is 42.5 Å². The number of halogens is 3. The maximum absolute atomic E-state index is 15.2. The number of sulfonamides is 1. The number of anilines is 2. The molecule has 2 aromatic heterocycles. The monoisotopic (exact) mass is 760 g/mol. The van der Waals surface area contributed by atoms with Gasteiger partial charge in [-0.2, -0.15) is 22.3 Å². The summed E-state index contributed by atoms with van der Waals surface area (Å²) in [6.07, 6.45) is -2.60. The molecular weight excluding hydrogens is 726 g/mol. The van der Waals surface area contributed by atoms with Gasteiger partial charge in [0.1, 0.15) is 22.1 Å². The Labute approximate surface area is 309 Å². The second-order valence-corrected chi connectivity index (χ2v) is 13.9. The molecule has 4 aromatic carbocycles. The van der Waals surface area contributed by atoms with Crippen molar-refractivity contribution in [1.82, 2.24) is 29.5 Å². The molecule has 0 spiro atoms. The van der Waals surface area contributed by atoms with Crippen molar-refractivity contribution in [3.63, 3.8) is 0 Å². The third kappa shape index (κ3) is 7.91. The van der Waals surface area contributed by atoms with Gasteiger partial charge < -0.3 is 25.7 Å². The van der Waals surface area contributed by atoms with Crippen LogP contribution < -0.4 is 25.7 Å². The molecule has 0 bridgehead atoms. The lowest BCUT2D eigenvalue weighted by Gasteiger charge is -2.27. The number of methoxy groups -OCH3 is 3. The smallest absolute Gasteiger partial charge is 0.417 e. The van der Waals surface area contributed by atoms with Crippen LogP contribution in [-0.2, 0) is 35.8 Å². The first-order valence-corrected chi connectivity index (χ1v) is 17.7. The predicted molar refractivity (Wildman–Crippen MR) is 195 cm³/mol. The molecule has 6 aromatic rings. The number of benzene rings is 4. The molecule has 4 N–H and O–H groups in total. The molecule has 0 radical (unpaired) electrons. The number of rotatable bonds is 13. The molecule has 0 saturated carbocycles. The van der Waals surface area contributed by atoms with Crippen LogP contribution in [0.1, 0.15) is 22.3 Å². The molecule has 6 rings (SSSR count). The first kappa shape index (κ1) is 37.6. The van der Waals surface area contributed by atoms with Gasteiger partial charge in [0.25, 0.3) is 0 Å². The number of alkyl halides is 3. The van der Waals surface area contributed by atoms with E-state index in [4.69, 9.17) is 25.7 Å².